The maximum Gasteiger partial charge on any atom is 0.131 e. The molecule has 0 aromatic heterocycles. The number of nitriles is 1. The zero-order valence-corrected chi connectivity index (χ0v) is 10.9. The molecule has 0 saturated carbocycles. The van der Waals surface area contributed by atoms with Gasteiger partial charge in [0.25, 0.3) is 0 Å². The van der Waals surface area contributed by atoms with Crippen LogP contribution in [0.1, 0.15) is 22.3 Å². The molecular weight excluding hydrogens is 241 g/mol. The van der Waals surface area contributed by atoms with Crippen LogP contribution in [0.25, 0.3) is 0 Å². The predicted octanol–water partition coefficient (Wildman–Crippen LogP) is 3.89. The minimum absolute atomic E-state index is 0.153. The van der Waals surface area contributed by atoms with Gasteiger partial charge in [0.15, 0.2) is 0 Å². The fraction of sp³-hybridized carbons (Fsp3) is 0.188. The highest BCUT2D eigenvalue weighted by Gasteiger charge is 2.05. The summed E-state index contributed by atoms with van der Waals surface area (Å²) < 4.78 is 19.3. The Labute approximate surface area is 112 Å². The van der Waals surface area contributed by atoms with Gasteiger partial charge in [-0.25, -0.2) is 4.39 Å². The summed E-state index contributed by atoms with van der Waals surface area (Å²) in [4.78, 5) is 0. The molecule has 2 aromatic rings. The highest BCUT2D eigenvalue weighted by Crippen LogP contribution is 2.19. The van der Waals surface area contributed by atoms with Crippen molar-refractivity contribution in [3.63, 3.8) is 0 Å². The molecule has 0 bridgehead atoms. The normalized spacial score (nSPS) is 10.0. The summed E-state index contributed by atoms with van der Waals surface area (Å²) in [5, 5.41) is 8.67. The first kappa shape index (κ1) is 13.1. The van der Waals surface area contributed by atoms with Crippen LogP contribution in [-0.2, 0) is 6.61 Å². The van der Waals surface area contributed by atoms with Crippen molar-refractivity contribution in [2.45, 2.75) is 20.5 Å². The van der Waals surface area contributed by atoms with Gasteiger partial charge < -0.3 is 4.74 Å². The van der Waals surface area contributed by atoms with Crippen LogP contribution in [0.15, 0.2) is 36.4 Å². The topological polar surface area (TPSA) is 33.0 Å². The largest absolute Gasteiger partial charge is 0.489 e. The van der Waals surface area contributed by atoms with Crippen LogP contribution >= 0.6 is 0 Å². The summed E-state index contributed by atoms with van der Waals surface area (Å²) in [5.74, 6) is 0.310. The Bertz CT molecular complexity index is 623. The molecule has 0 heterocycles. The van der Waals surface area contributed by atoms with Crippen LogP contribution in [0, 0.1) is 31.0 Å². The molecule has 2 rings (SSSR count). The van der Waals surface area contributed by atoms with Crippen LogP contribution in [0.5, 0.6) is 5.75 Å². The van der Waals surface area contributed by atoms with Gasteiger partial charge in [-0.1, -0.05) is 12.1 Å². The molecule has 0 atom stereocenters. The van der Waals surface area contributed by atoms with Crippen LogP contribution in [0.4, 0.5) is 4.39 Å². The van der Waals surface area contributed by atoms with Crippen LogP contribution < -0.4 is 4.74 Å². The van der Waals surface area contributed by atoms with Gasteiger partial charge in [0.05, 0.1) is 11.6 Å². The Morgan fingerprint density at radius 3 is 2.37 bits per heavy atom. The maximum absolute atomic E-state index is 13.7. The molecule has 0 amide bonds. The molecule has 19 heavy (non-hydrogen) atoms. The average Bonchev–Trinajstić information content (AvgIpc) is 2.36. The van der Waals surface area contributed by atoms with Crippen molar-refractivity contribution in [1.29, 1.82) is 5.26 Å². The molecule has 0 N–H and O–H groups in total. The summed E-state index contributed by atoms with van der Waals surface area (Å²) in [6, 6.07) is 12.2. The van der Waals surface area contributed by atoms with Gasteiger partial charge in [0.2, 0.25) is 0 Å². The number of rotatable bonds is 3. The van der Waals surface area contributed by atoms with E-state index in [2.05, 4.69) is 6.07 Å². The minimum atomic E-state index is -0.413. The van der Waals surface area contributed by atoms with E-state index in [0.29, 0.717) is 11.1 Å². The van der Waals surface area contributed by atoms with Gasteiger partial charge in [-0.3, -0.25) is 0 Å². The predicted molar refractivity (Wildman–Crippen MR) is 71.4 cm³/mol. The molecule has 0 aliphatic heterocycles. The Morgan fingerprint density at radius 2 is 1.79 bits per heavy atom. The van der Waals surface area contributed by atoms with Crippen molar-refractivity contribution in [3.05, 3.63) is 64.5 Å². The third-order valence-corrected chi connectivity index (χ3v) is 2.77. The van der Waals surface area contributed by atoms with E-state index < -0.39 is 5.82 Å². The van der Waals surface area contributed by atoms with Gasteiger partial charge in [0.1, 0.15) is 18.2 Å². The number of nitrogens with zero attached hydrogens (tertiary/aromatic N) is 1. The number of ether oxygens (including phenoxy) is 1. The molecule has 3 heteroatoms. The van der Waals surface area contributed by atoms with Gasteiger partial charge in [0, 0.05) is 5.56 Å². The molecule has 0 fully saturated rings. The van der Waals surface area contributed by atoms with E-state index >= 15 is 0 Å². The van der Waals surface area contributed by atoms with Crippen LogP contribution in [-0.4, -0.2) is 0 Å². The molecule has 0 spiro atoms. The lowest BCUT2D eigenvalue weighted by molar-refractivity contribution is 0.299. The standard InChI is InChI=1S/C16H14FNO/c1-11-5-12(2)7-15(6-11)19-10-14-4-3-13(9-18)8-16(14)17/h3-8H,10H2,1-2H3. The Balaban J connectivity index is 2.12. The summed E-state index contributed by atoms with van der Waals surface area (Å²) in [5.41, 5.74) is 2.97. The van der Waals surface area contributed by atoms with Crippen molar-refractivity contribution in [3.8, 4) is 11.8 Å². The van der Waals surface area contributed by atoms with Crippen molar-refractivity contribution in [2.75, 3.05) is 0 Å². The third kappa shape index (κ3) is 3.32. The summed E-state index contributed by atoms with van der Waals surface area (Å²) in [7, 11) is 0. The lowest BCUT2D eigenvalue weighted by Crippen LogP contribution is -1.99. The fourth-order valence-corrected chi connectivity index (χ4v) is 1.91. The molecule has 0 saturated heterocycles. The first-order valence-corrected chi connectivity index (χ1v) is 5.98. The lowest BCUT2D eigenvalue weighted by atomic mass is 10.1. The molecule has 96 valence electrons. The Kier molecular flexibility index (Phi) is 3.82. The molecule has 0 aliphatic rings. The van der Waals surface area contributed by atoms with Crippen molar-refractivity contribution < 1.29 is 9.13 Å². The smallest absolute Gasteiger partial charge is 0.131 e. The fourth-order valence-electron chi connectivity index (χ4n) is 1.91. The summed E-state index contributed by atoms with van der Waals surface area (Å²) in [6.07, 6.45) is 0. The quantitative estimate of drug-likeness (QED) is 0.833. The first-order chi connectivity index (χ1) is 9.08. The molecule has 2 nitrogen and oxygen atoms in total. The minimum Gasteiger partial charge on any atom is -0.489 e. The highest BCUT2D eigenvalue weighted by atomic mass is 19.1. The molecule has 0 aliphatic carbocycles. The SMILES string of the molecule is Cc1cc(C)cc(OCc2ccc(C#N)cc2F)c1. The molecule has 2 aromatic carbocycles. The number of benzene rings is 2. The molecule has 0 radical (unpaired) electrons. The number of hydrogen-bond acceptors (Lipinski definition) is 2. The van der Waals surface area contributed by atoms with Crippen molar-refractivity contribution in [1.82, 2.24) is 0 Å². The Morgan fingerprint density at radius 1 is 1.11 bits per heavy atom. The zero-order chi connectivity index (χ0) is 13.8. The van der Waals surface area contributed by atoms with Gasteiger partial charge in [-0.2, -0.15) is 5.26 Å². The molecule has 0 unspecified atom stereocenters. The Hall–Kier alpha value is -2.34. The molecular formula is C16H14FNO. The number of aryl methyl sites for hydroxylation is 2. The van der Waals surface area contributed by atoms with E-state index in [0.717, 1.165) is 16.9 Å². The second-order valence-electron chi connectivity index (χ2n) is 4.53. The second kappa shape index (κ2) is 5.53. The van der Waals surface area contributed by atoms with Crippen LogP contribution in [0.2, 0.25) is 0 Å². The van der Waals surface area contributed by atoms with Crippen molar-refractivity contribution in [2.24, 2.45) is 0 Å². The summed E-state index contributed by atoms with van der Waals surface area (Å²) >= 11 is 0. The highest BCUT2D eigenvalue weighted by molar-refractivity contribution is 5.35. The maximum atomic E-state index is 13.7. The number of halogens is 1. The second-order valence-corrected chi connectivity index (χ2v) is 4.53. The van der Waals surface area contributed by atoms with E-state index in [1.807, 2.05) is 32.0 Å². The van der Waals surface area contributed by atoms with E-state index in [1.165, 1.54) is 6.07 Å². The van der Waals surface area contributed by atoms with Crippen molar-refractivity contribution >= 4 is 0 Å². The van der Waals surface area contributed by atoms with Gasteiger partial charge in [-0.05, 0) is 49.2 Å². The van der Waals surface area contributed by atoms with E-state index in [9.17, 15) is 4.39 Å². The monoisotopic (exact) mass is 255 g/mol. The van der Waals surface area contributed by atoms with Gasteiger partial charge >= 0.3 is 0 Å². The van der Waals surface area contributed by atoms with E-state index in [1.54, 1.807) is 12.1 Å². The summed E-state index contributed by atoms with van der Waals surface area (Å²) in [6.45, 7) is 4.13. The van der Waals surface area contributed by atoms with E-state index in [4.69, 9.17) is 10.00 Å². The average molecular weight is 255 g/mol. The third-order valence-electron chi connectivity index (χ3n) is 2.77. The van der Waals surface area contributed by atoms with E-state index in [-0.39, 0.29) is 6.61 Å². The van der Waals surface area contributed by atoms with Crippen LogP contribution in [0.3, 0.4) is 0 Å². The lowest BCUT2D eigenvalue weighted by Gasteiger charge is -2.09. The zero-order valence-electron chi connectivity index (χ0n) is 10.9. The van der Waals surface area contributed by atoms with Gasteiger partial charge in [-0.15, -0.1) is 0 Å². The first-order valence-electron chi connectivity index (χ1n) is 5.98. The number of hydrogen-bond donors (Lipinski definition) is 0.